The highest BCUT2D eigenvalue weighted by Crippen LogP contribution is 2.02. The Balaban J connectivity index is 2.95. The van der Waals surface area contributed by atoms with E-state index in [1.165, 1.54) is 16.8 Å². The smallest absolute Gasteiger partial charge is 0.326 e. The van der Waals surface area contributed by atoms with Crippen molar-refractivity contribution < 1.29 is 9.90 Å². The SMILES string of the molecule is C=CCC(Nc1nccn(CCC)c1=O)C(=O)O. The summed E-state index contributed by atoms with van der Waals surface area (Å²) in [4.78, 5) is 26.8. The van der Waals surface area contributed by atoms with Crippen LogP contribution in [0.1, 0.15) is 19.8 Å². The van der Waals surface area contributed by atoms with E-state index >= 15 is 0 Å². The Bertz CT molecular complexity index is 482. The average molecular weight is 251 g/mol. The third-order valence-corrected chi connectivity index (χ3v) is 2.39. The first-order valence-corrected chi connectivity index (χ1v) is 5.75. The molecule has 0 aliphatic heterocycles. The topological polar surface area (TPSA) is 84.2 Å². The largest absolute Gasteiger partial charge is 0.480 e. The molecule has 1 heterocycles. The summed E-state index contributed by atoms with van der Waals surface area (Å²) in [5.41, 5.74) is -0.310. The molecule has 0 saturated carbocycles. The number of nitrogens with zero attached hydrogens (tertiary/aromatic N) is 2. The summed E-state index contributed by atoms with van der Waals surface area (Å²) in [5.74, 6) is -0.984. The molecule has 0 aliphatic carbocycles. The molecule has 0 fully saturated rings. The number of anilines is 1. The molecule has 6 nitrogen and oxygen atoms in total. The van der Waals surface area contributed by atoms with Gasteiger partial charge >= 0.3 is 5.97 Å². The first-order chi connectivity index (χ1) is 8.60. The zero-order chi connectivity index (χ0) is 13.5. The Labute approximate surface area is 105 Å². The van der Waals surface area contributed by atoms with Crippen molar-refractivity contribution >= 4 is 11.8 Å². The van der Waals surface area contributed by atoms with Gasteiger partial charge in [0.15, 0.2) is 5.82 Å². The third-order valence-electron chi connectivity index (χ3n) is 2.39. The molecule has 1 aromatic heterocycles. The van der Waals surface area contributed by atoms with Crippen molar-refractivity contribution in [2.75, 3.05) is 5.32 Å². The molecule has 0 aromatic carbocycles. The number of aromatic nitrogens is 2. The summed E-state index contributed by atoms with van der Waals surface area (Å²) in [6.07, 6.45) is 5.59. The van der Waals surface area contributed by atoms with E-state index in [1.807, 2.05) is 6.92 Å². The van der Waals surface area contributed by atoms with Crippen molar-refractivity contribution in [2.45, 2.75) is 32.4 Å². The van der Waals surface area contributed by atoms with E-state index in [1.54, 1.807) is 6.20 Å². The molecule has 0 aliphatic rings. The van der Waals surface area contributed by atoms with E-state index in [0.717, 1.165) is 6.42 Å². The molecule has 2 N–H and O–H groups in total. The van der Waals surface area contributed by atoms with Crippen LogP contribution in [0, 0.1) is 0 Å². The minimum atomic E-state index is -1.04. The number of aliphatic carboxylic acids is 1. The van der Waals surface area contributed by atoms with E-state index in [2.05, 4.69) is 16.9 Å². The standard InChI is InChI=1S/C12H17N3O3/c1-3-5-9(12(17)18)14-10-11(16)15(7-4-2)8-6-13-10/h3,6,8-9H,1,4-5,7H2,2H3,(H,13,14)(H,17,18). The minimum absolute atomic E-state index is 0.0557. The third kappa shape index (κ3) is 3.44. The Kier molecular flexibility index (Phi) is 5.10. The van der Waals surface area contributed by atoms with Gasteiger partial charge in [-0.05, 0) is 12.8 Å². The highest BCUT2D eigenvalue weighted by molar-refractivity contribution is 5.76. The van der Waals surface area contributed by atoms with Gasteiger partial charge in [0.25, 0.3) is 5.56 Å². The van der Waals surface area contributed by atoms with Gasteiger partial charge in [0.2, 0.25) is 0 Å². The second kappa shape index (κ2) is 6.58. The molecule has 0 amide bonds. The van der Waals surface area contributed by atoms with Crippen molar-refractivity contribution in [2.24, 2.45) is 0 Å². The number of hydrogen-bond donors (Lipinski definition) is 2. The molecule has 98 valence electrons. The summed E-state index contributed by atoms with van der Waals surface area (Å²) < 4.78 is 1.50. The predicted molar refractivity (Wildman–Crippen MR) is 68.6 cm³/mol. The Morgan fingerprint density at radius 2 is 2.44 bits per heavy atom. The van der Waals surface area contributed by atoms with Crippen LogP contribution in [0.25, 0.3) is 0 Å². The van der Waals surface area contributed by atoms with Gasteiger partial charge in [-0.2, -0.15) is 0 Å². The summed E-state index contributed by atoms with van der Waals surface area (Å²) in [7, 11) is 0. The maximum Gasteiger partial charge on any atom is 0.326 e. The lowest BCUT2D eigenvalue weighted by Crippen LogP contribution is -2.33. The van der Waals surface area contributed by atoms with Crippen LogP contribution in [0.4, 0.5) is 5.82 Å². The van der Waals surface area contributed by atoms with Gasteiger partial charge in [-0.3, -0.25) is 4.79 Å². The second-order valence-electron chi connectivity index (χ2n) is 3.83. The molecule has 1 rings (SSSR count). The monoisotopic (exact) mass is 251 g/mol. The van der Waals surface area contributed by atoms with Crippen LogP contribution in [-0.2, 0) is 11.3 Å². The molecule has 0 bridgehead atoms. The van der Waals surface area contributed by atoms with Gasteiger partial charge in [-0.15, -0.1) is 6.58 Å². The number of aryl methyl sites for hydroxylation is 1. The fraction of sp³-hybridized carbons (Fsp3) is 0.417. The van der Waals surface area contributed by atoms with Crippen LogP contribution in [0.5, 0.6) is 0 Å². The van der Waals surface area contributed by atoms with Crippen LogP contribution in [-0.4, -0.2) is 26.7 Å². The number of carbonyl (C=O) groups is 1. The fourth-order valence-electron chi connectivity index (χ4n) is 1.52. The summed E-state index contributed by atoms with van der Waals surface area (Å²) >= 11 is 0. The van der Waals surface area contributed by atoms with E-state index < -0.39 is 12.0 Å². The summed E-state index contributed by atoms with van der Waals surface area (Å²) in [5, 5.41) is 11.6. The van der Waals surface area contributed by atoms with E-state index in [0.29, 0.717) is 6.54 Å². The van der Waals surface area contributed by atoms with Crippen molar-refractivity contribution in [3.63, 3.8) is 0 Å². The van der Waals surface area contributed by atoms with Crippen LogP contribution in [0.15, 0.2) is 29.8 Å². The quantitative estimate of drug-likeness (QED) is 0.709. The normalized spacial score (nSPS) is 11.8. The van der Waals surface area contributed by atoms with Crippen LogP contribution >= 0.6 is 0 Å². The van der Waals surface area contributed by atoms with Crippen molar-refractivity contribution in [1.29, 1.82) is 0 Å². The number of hydrogen-bond acceptors (Lipinski definition) is 4. The van der Waals surface area contributed by atoms with Gasteiger partial charge in [-0.1, -0.05) is 13.0 Å². The maximum atomic E-state index is 11.9. The van der Waals surface area contributed by atoms with Crippen molar-refractivity contribution in [3.8, 4) is 0 Å². The lowest BCUT2D eigenvalue weighted by molar-refractivity contribution is -0.137. The Morgan fingerprint density at radius 3 is 3.00 bits per heavy atom. The van der Waals surface area contributed by atoms with Crippen LogP contribution < -0.4 is 10.9 Å². The molecule has 1 atom stereocenters. The summed E-state index contributed by atoms with van der Waals surface area (Å²) in [6, 6.07) is -0.889. The van der Waals surface area contributed by atoms with Gasteiger partial charge in [0.1, 0.15) is 6.04 Å². The first kappa shape index (κ1) is 14.0. The molecule has 1 unspecified atom stereocenters. The maximum absolute atomic E-state index is 11.9. The summed E-state index contributed by atoms with van der Waals surface area (Å²) in [6.45, 7) is 6.02. The Hall–Kier alpha value is -2.11. The van der Waals surface area contributed by atoms with E-state index in [9.17, 15) is 9.59 Å². The molecular formula is C12H17N3O3. The molecule has 0 radical (unpaired) electrons. The highest BCUT2D eigenvalue weighted by Gasteiger charge is 2.17. The number of carboxylic acids is 1. The van der Waals surface area contributed by atoms with Gasteiger partial charge in [0.05, 0.1) is 0 Å². The molecule has 1 aromatic rings. The number of nitrogens with one attached hydrogen (secondary N) is 1. The van der Waals surface area contributed by atoms with Crippen LogP contribution in [0.3, 0.4) is 0 Å². The van der Waals surface area contributed by atoms with Crippen LogP contribution in [0.2, 0.25) is 0 Å². The van der Waals surface area contributed by atoms with Crippen molar-refractivity contribution in [3.05, 3.63) is 35.4 Å². The zero-order valence-electron chi connectivity index (χ0n) is 10.3. The van der Waals surface area contributed by atoms with Crippen molar-refractivity contribution in [1.82, 2.24) is 9.55 Å². The number of rotatable bonds is 7. The average Bonchev–Trinajstić information content (AvgIpc) is 2.33. The van der Waals surface area contributed by atoms with Gasteiger partial charge < -0.3 is 15.0 Å². The van der Waals surface area contributed by atoms with Gasteiger partial charge in [-0.25, -0.2) is 9.78 Å². The van der Waals surface area contributed by atoms with Gasteiger partial charge in [0, 0.05) is 18.9 Å². The first-order valence-electron chi connectivity index (χ1n) is 5.75. The molecular weight excluding hydrogens is 234 g/mol. The lowest BCUT2D eigenvalue weighted by Gasteiger charge is -2.13. The molecule has 6 heteroatoms. The van der Waals surface area contributed by atoms with E-state index in [4.69, 9.17) is 5.11 Å². The minimum Gasteiger partial charge on any atom is -0.480 e. The number of carboxylic acid groups (broad SMARTS) is 1. The predicted octanol–water partition coefficient (Wildman–Crippen LogP) is 1.09. The Morgan fingerprint density at radius 1 is 1.72 bits per heavy atom. The molecule has 0 saturated heterocycles. The zero-order valence-corrected chi connectivity index (χ0v) is 10.3. The van der Waals surface area contributed by atoms with E-state index in [-0.39, 0.29) is 17.8 Å². The fourth-order valence-corrected chi connectivity index (χ4v) is 1.52. The molecule has 0 spiro atoms. The lowest BCUT2D eigenvalue weighted by atomic mass is 10.2. The second-order valence-corrected chi connectivity index (χ2v) is 3.83. The highest BCUT2D eigenvalue weighted by atomic mass is 16.4. The molecule has 18 heavy (non-hydrogen) atoms.